The molecule has 0 aromatic carbocycles. The first-order chi connectivity index (χ1) is 6.93. The molecule has 15 heavy (non-hydrogen) atoms. The lowest BCUT2D eigenvalue weighted by molar-refractivity contribution is -0.145. The Morgan fingerprint density at radius 1 is 1.00 bits per heavy atom. The van der Waals surface area contributed by atoms with Gasteiger partial charge >= 0.3 is 0 Å². The molecule has 2 rings (SSSR count). The van der Waals surface area contributed by atoms with Crippen LogP contribution in [-0.4, -0.2) is 22.3 Å². The molecule has 2 fully saturated rings. The molecule has 1 aliphatic heterocycles. The van der Waals surface area contributed by atoms with E-state index in [0.29, 0.717) is 0 Å². The molecular weight excluding hydrogens is 190 g/mol. The molecule has 0 N–H and O–H groups in total. The van der Waals surface area contributed by atoms with E-state index in [2.05, 4.69) is 0 Å². The molecule has 0 spiro atoms. The highest BCUT2D eigenvalue weighted by atomic mass is 16.2. The lowest BCUT2D eigenvalue weighted by Crippen LogP contribution is -2.45. The first-order valence-corrected chi connectivity index (χ1v) is 5.81. The molecule has 0 bridgehead atoms. The molecule has 3 nitrogen and oxygen atoms in total. The fourth-order valence-electron chi connectivity index (χ4n) is 2.82. The second kappa shape index (κ2) is 3.32. The van der Waals surface area contributed by atoms with Crippen LogP contribution in [0.2, 0.25) is 0 Å². The maximum atomic E-state index is 12.1. The standard InChI is InChI=1S/C12H19NO2/c1-12(2,3)13-10(14)8-6-4-5-7-9(8)11(13)15/h8-9H,4-7H2,1-3H3/t8-,9-/m1/s1. The molecule has 1 aliphatic carbocycles. The monoisotopic (exact) mass is 209 g/mol. The van der Waals surface area contributed by atoms with Crippen LogP contribution < -0.4 is 0 Å². The number of rotatable bonds is 0. The summed E-state index contributed by atoms with van der Waals surface area (Å²) in [6, 6.07) is 0. The molecule has 2 aliphatic rings. The predicted molar refractivity (Wildman–Crippen MR) is 57.1 cm³/mol. The van der Waals surface area contributed by atoms with E-state index >= 15 is 0 Å². The van der Waals surface area contributed by atoms with Crippen LogP contribution in [0.1, 0.15) is 46.5 Å². The predicted octanol–water partition coefficient (Wildman–Crippen LogP) is 1.96. The zero-order valence-corrected chi connectivity index (χ0v) is 9.75. The van der Waals surface area contributed by atoms with Gasteiger partial charge in [0.1, 0.15) is 0 Å². The van der Waals surface area contributed by atoms with E-state index in [1.54, 1.807) is 0 Å². The van der Waals surface area contributed by atoms with Crippen molar-refractivity contribution in [2.75, 3.05) is 0 Å². The Morgan fingerprint density at radius 3 is 1.73 bits per heavy atom. The van der Waals surface area contributed by atoms with Gasteiger partial charge in [-0.25, -0.2) is 0 Å². The summed E-state index contributed by atoms with van der Waals surface area (Å²) in [5.74, 6) is 0.116. The van der Waals surface area contributed by atoms with Gasteiger partial charge in [-0.05, 0) is 33.6 Å². The maximum Gasteiger partial charge on any atom is 0.233 e. The van der Waals surface area contributed by atoms with Crippen LogP contribution in [0.4, 0.5) is 0 Å². The minimum absolute atomic E-state index is 0.00882. The van der Waals surface area contributed by atoms with Crippen LogP contribution >= 0.6 is 0 Å². The summed E-state index contributed by atoms with van der Waals surface area (Å²) in [5, 5.41) is 0. The average molecular weight is 209 g/mol. The lowest BCUT2D eigenvalue weighted by atomic mass is 9.81. The van der Waals surface area contributed by atoms with Gasteiger partial charge < -0.3 is 0 Å². The van der Waals surface area contributed by atoms with Crippen molar-refractivity contribution in [1.82, 2.24) is 4.90 Å². The van der Waals surface area contributed by atoms with Crippen LogP contribution in [0.15, 0.2) is 0 Å². The highest BCUT2D eigenvalue weighted by Crippen LogP contribution is 2.40. The number of fused-ring (bicyclic) bond motifs is 1. The normalized spacial score (nSPS) is 32.1. The minimum atomic E-state index is -0.356. The van der Waals surface area contributed by atoms with Gasteiger partial charge in [0.25, 0.3) is 0 Å². The summed E-state index contributed by atoms with van der Waals surface area (Å²) in [4.78, 5) is 25.7. The van der Waals surface area contributed by atoms with Crippen molar-refractivity contribution in [3.8, 4) is 0 Å². The molecule has 2 atom stereocenters. The Morgan fingerprint density at radius 2 is 1.40 bits per heavy atom. The van der Waals surface area contributed by atoms with Gasteiger partial charge in [0.05, 0.1) is 11.8 Å². The Bertz CT molecular complexity index is 279. The van der Waals surface area contributed by atoms with E-state index in [1.807, 2.05) is 20.8 Å². The zero-order valence-electron chi connectivity index (χ0n) is 9.75. The first-order valence-electron chi connectivity index (χ1n) is 5.81. The number of hydrogen-bond acceptors (Lipinski definition) is 2. The summed E-state index contributed by atoms with van der Waals surface area (Å²) < 4.78 is 0. The number of hydrogen-bond donors (Lipinski definition) is 0. The lowest BCUT2D eigenvalue weighted by Gasteiger charge is -2.30. The van der Waals surface area contributed by atoms with Crippen molar-refractivity contribution in [2.24, 2.45) is 11.8 Å². The summed E-state index contributed by atoms with van der Waals surface area (Å²) in [6.45, 7) is 5.79. The fourth-order valence-corrected chi connectivity index (χ4v) is 2.82. The van der Waals surface area contributed by atoms with Gasteiger partial charge in [-0.2, -0.15) is 0 Å². The van der Waals surface area contributed by atoms with Crippen molar-refractivity contribution in [3.63, 3.8) is 0 Å². The van der Waals surface area contributed by atoms with Crippen LogP contribution in [0.25, 0.3) is 0 Å². The van der Waals surface area contributed by atoms with Gasteiger partial charge in [0.2, 0.25) is 11.8 Å². The Balaban J connectivity index is 2.29. The van der Waals surface area contributed by atoms with E-state index < -0.39 is 0 Å². The van der Waals surface area contributed by atoms with E-state index in [9.17, 15) is 9.59 Å². The summed E-state index contributed by atoms with van der Waals surface area (Å²) in [6.07, 6.45) is 4.00. The number of carbonyl (C=O) groups is 2. The smallest absolute Gasteiger partial charge is 0.233 e. The van der Waals surface area contributed by atoms with Crippen LogP contribution in [0.3, 0.4) is 0 Å². The van der Waals surface area contributed by atoms with Gasteiger partial charge in [-0.3, -0.25) is 14.5 Å². The number of amides is 2. The Hall–Kier alpha value is -0.860. The summed E-state index contributed by atoms with van der Waals surface area (Å²) in [7, 11) is 0. The minimum Gasteiger partial charge on any atom is -0.277 e. The third-order valence-electron chi connectivity index (χ3n) is 3.51. The van der Waals surface area contributed by atoms with Gasteiger partial charge in [-0.15, -0.1) is 0 Å². The summed E-state index contributed by atoms with van der Waals surface area (Å²) >= 11 is 0. The highest BCUT2D eigenvalue weighted by molar-refractivity contribution is 6.05. The van der Waals surface area contributed by atoms with Gasteiger partial charge in [-0.1, -0.05) is 12.8 Å². The molecule has 3 heteroatoms. The van der Waals surface area contributed by atoms with E-state index in [1.165, 1.54) is 4.90 Å². The van der Waals surface area contributed by atoms with E-state index in [4.69, 9.17) is 0 Å². The topological polar surface area (TPSA) is 37.4 Å². The Kier molecular flexibility index (Phi) is 2.36. The van der Waals surface area contributed by atoms with Crippen LogP contribution in [0, 0.1) is 11.8 Å². The molecule has 0 aromatic heterocycles. The number of imide groups is 1. The molecule has 1 heterocycles. The molecule has 0 unspecified atom stereocenters. The number of carbonyl (C=O) groups excluding carboxylic acids is 2. The number of likely N-dealkylation sites (tertiary alicyclic amines) is 1. The van der Waals surface area contributed by atoms with Crippen LogP contribution in [-0.2, 0) is 9.59 Å². The summed E-state index contributed by atoms with van der Waals surface area (Å²) in [5.41, 5.74) is -0.356. The molecule has 1 saturated carbocycles. The molecule has 84 valence electrons. The number of nitrogens with zero attached hydrogens (tertiary/aromatic N) is 1. The molecule has 1 saturated heterocycles. The molecule has 0 aromatic rings. The average Bonchev–Trinajstić information content (AvgIpc) is 2.39. The van der Waals surface area contributed by atoms with Crippen molar-refractivity contribution in [2.45, 2.75) is 52.0 Å². The molecule has 0 radical (unpaired) electrons. The quantitative estimate of drug-likeness (QED) is 0.572. The van der Waals surface area contributed by atoms with E-state index in [0.717, 1.165) is 25.7 Å². The highest BCUT2D eigenvalue weighted by Gasteiger charge is 2.51. The molecular formula is C12H19NO2. The van der Waals surface area contributed by atoms with Gasteiger partial charge in [0.15, 0.2) is 0 Å². The SMILES string of the molecule is CC(C)(C)N1C(=O)[C@@H]2CCCC[C@H]2C1=O. The van der Waals surface area contributed by atoms with Crippen molar-refractivity contribution in [1.29, 1.82) is 0 Å². The maximum absolute atomic E-state index is 12.1. The molecule has 2 amide bonds. The van der Waals surface area contributed by atoms with Crippen molar-refractivity contribution >= 4 is 11.8 Å². The zero-order chi connectivity index (χ0) is 11.2. The van der Waals surface area contributed by atoms with Gasteiger partial charge in [0, 0.05) is 5.54 Å². The first kappa shape index (κ1) is 10.7. The van der Waals surface area contributed by atoms with Crippen LogP contribution in [0.5, 0.6) is 0 Å². The van der Waals surface area contributed by atoms with Crippen molar-refractivity contribution < 1.29 is 9.59 Å². The fraction of sp³-hybridized carbons (Fsp3) is 0.833. The second-order valence-corrected chi connectivity index (χ2v) is 5.68. The Labute approximate surface area is 90.8 Å². The largest absolute Gasteiger partial charge is 0.277 e. The second-order valence-electron chi connectivity index (χ2n) is 5.68. The van der Waals surface area contributed by atoms with E-state index in [-0.39, 0.29) is 29.2 Å². The third kappa shape index (κ3) is 1.58. The van der Waals surface area contributed by atoms with Crippen molar-refractivity contribution in [3.05, 3.63) is 0 Å². The third-order valence-corrected chi connectivity index (χ3v) is 3.51.